The summed E-state index contributed by atoms with van der Waals surface area (Å²) in [6, 6.07) is 2.86. The number of amides is 1. The maximum Gasteiger partial charge on any atom is 0.413 e. The van der Waals surface area contributed by atoms with Crippen LogP contribution in [0.1, 0.15) is 31.3 Å². The lowest BCUT2D eigenvalue weighted by Gasteiger charge is -2.19. The topological polar surface area (TPSA) is 104 Å². The number of hydrogen-bond donors (Lipinski definition) is 1. The van der Waals surface area contributed by atoms with E-state index in [2.05, 4.69) is 15.3 Å². The number of carbonyl (C=O) groups is 2. The number of nitrogens with zero attached hydrogens (tertiary/aromatic N) is 2. The summed E-state index contributed by atoms with van der Waals surface area (Å²) in [5.74, 6) is -0.281. The van der Waals surface area contributed by atoms with Crippen LogP contribution >= 0.6 is 0 Å². The molecule has 0 bridgehead atoms. The van der Waals surface area contributed by atoms with Gasteiger partial charge >= 0.3 is 12.1 Å². The number of rotatable bonds is 3. The van der Waals surface area contributed by atoms with Gasteiger partial charge in [0.05, 0.1) is 0 Å². The van der Waals surface area contributed by atoms with Crippen molar-refractivity contribution in [3.63, 3.8) is 0 Å². The summed E-state index contributed by atoms with van der Waals surface area (Å²) >= 11 is 0. The fourth-order valence-electron chi connectivity index (χ4n) is 1.42. The monoisotopic (exact) mass is 305 g/mol. The van der Waals surface area contributed by atoms with Gasteiger partial charge in [0.2, 0.25) is 0 Å². The van der Waals surface area contributed by atoms with Crippen molar-refractivity contribution in [2.75, 3.05) is 5.32 Å². The van der Waals surface area contributed by atoms with Crippen molar-refractivity contribution >= 4 is 17.9 Å². The lowest BCUT2D eigenvalue weighted by Crippen LogP contribution is -2.27. The van der Waals surface area contributed by atoms with E-state index in [1.165, 1.54) is 24.6 Å². The Hall–Kier alpha value is -2.90. The Morgan fingerprint density at radius 3 is 2.68 bits per heavy atom. The molecule has 0 aliphatic rings. The number of anilines is 1. The fourth-order valence-corrected chi connectivity index (χ4v) is 1.42. The van der Waals surface area contributed by atoms with Gasteiger partial charge in [0.15, 0.2) is 12.1 Å². The number of aromatic nitrogens is 2. The first-order chi connectivity index (χ1) is 10.3. The lowest BCUT2D eigenvalue weighted by atomic mass is 10.2. The molecule has 8 nitrogen and oxygen atoms in total. The standard InChI is InChI=1S/C14H15N3O5/c1-14(2,3)22-13(19)17-11-6-9(4-5-15-11)21-12(18)10-7-20-8-16-10/h4-8H,1-3H3,(H,15,17,19). The third-order valence-corrected chi connectivity index (χ3v) is 2.21. The molecule has 0 aliphatic heterocycles. The number of esters is 1. The van der Waals surface area contributed by atoms with Crippen LogP contribution in [0.3, 0.4) is 0 Å². The van der Waals surface area contributed by atoms with Gasteiger partial charge in [-0.3, -0.25) is 5.32 Å². The van der Waals surface area contributed by atoms with E-state index in [-0.39, 0.29) is 17.3 Å². The summed E-state index contributed by atoms with van der Waals surface area (Å²) in [5.41, 5.74) is -0.584. The predicted octanol–water partition coefficient (Wildman–Crippen LogP) is 2.64. The summed E-state index contributed by atoms with van der Waals surface area (Å²) in [6.45, 7) is 5.24. The van der Waals surface area contributed by atoms with E-state index in [4.69, 9.17) is 13.9 Å². The van der Waals surface area contributed by atoms with E-state index in [1.54, 1.807) is 20.8 Å². The van der Waals surface area contributed by atoms with Gasteiger partial charge < -0.3 is 13.9 Å². The Kier molecular flexibility index (Phi) is 4.40. The highest BCUT2D eigenvalue weighted by molar-refractivity contribution is 5.89. The number of pyridine rings is 1. The van der Waals surface area contributed by atoms with Gasteiger partial charge in [-0.05, 0) is 26.8 Å². The second-order valence-electron chi connectivity index (χ2n) is 5.27. The molecule has 22 heavy (non-hydrogen) atoms. The molecule has 8 heteroatoms. The van der Waals surface area contributed by atoms with E-state index in [9.17, 15) is 9.59 Å². The van der Waals surface area contributed by atoms with E-state index in [1.807, 2.05) is 0 Å². The van der Waals surface area contributed by atoms with E-state index in [0.717, 1.165) is 6.39 Å². The summed E-state index contributed by atoms with van der Waals surface area (Å²) in [6.07, 6.45) is 3.03. The van der Waals surface area contributed by atoms with Crippen LogP contribution in [0.15, 0.2) is 35.4 Å². The molecule has 2 rings (SSSR count). The van der Waals surface area contributed by atoms with Crippen molar-refractivity contribution in [2.24, 2.45) is 0 Å². The summed E-state index contributed by atoms with van der Waals surface area (Å²) < 4.78 is 14.9. The van der Waals surface area contributed by atoms with E-state index in [0.29, 0.717) is 0 Å². The number of ether oxygens (including phenoxy) is 2. The highest BCUT2D eigenvalue weighted by atomic mass is 16.6. The molecule has 0 spiro atoms. The average molecular weight is 305 g/mol. The molecule has 116 valence electrons. The molecule has 1 amide bonds. The molecule has 0 saturated carbocycles. The zero-order chi connectivity index (χ0) is 16.2. The zero-order valence-electron chi connectivity index (χ0n) is 12.3. The van der Waals surface area contributed by atoms with Crippen molar-refractivity contribution in [2.45, 2.75) is 26.4 Å². The average Bonchev–Trinajstić information content (AvgIpc) is 2.90. The third kappa shape index (κ3) is 4.58. The molecule has 2 aromatic rings. The number of carbonyl (C=O) groups excluding carboxylic acids is 2. The van der Waals surface area contributed by atoms with Gasteiger partial charge in [-0.15, -0.1) is 0 Å². The highest BCUT2D eigenvalue weighted by Crippen LogP contribution is 2.17. The number of nitrogens with one attached hydrogen (secondary N) is 1. The first-order valence-electron chi connectivity index (χ1n) is 6.40. The van der Waals surface area contributed by atoms with Gasteiger partial charge in [0.25, 0.3) is 0 Å². The molecule has 0 saturated heterocycles. The van der Waals surface area contributed by atoms with Crippen molar-refractivity contribution in [1.29, 1.82) is 0 Å². The lowest BCUT2D eigenvalue weighted by molar-refractivity contribution is 0.0635. The fraction of sp³-hybridized carbons (Fsp3) is 0.286. The zero-order valence-corrected chi connectivity index (χ0v) is 12.3. The van der Waals surface area contributed by atoms with Crippen LogP contribution in [0.4, 0.5) is 10.6 Å². The van der Waals surface area contributed by atoms with Crippen molar-refractivity contribution in [1.82, 2.24) is 9.97 Å². The van der Waals surface area contributed by atoms with Crippen molar-refractivity contribution in [3.05, 3.63) is 36.7 Å². The molecule has 0 unspecified atom stereocenters. The van der Waals surface area contributed by atoms with E-state index >= 15 is 0 Å². The Morgan fingerprint density at radius 2 is 2.05 bits per heavy atom. The van der Waals surface area contributed by atoms with Crippen molar-refractivity contribution < 1.29 is 23.5 Å². The first kappa shape index (κ1) is 15.5. The van der Waals surface area contributed by atoms with E-state index < -0.39 is 17.7 Å². The molecular weight excluding hydrogens is 290 g/mol. The minimum Gasteiger partial charge on any atom is -0.451 e. The van der Waals surface area contributed by atoms with Crippen LogP contribution in [0.5, 0.6) is 5.75 Å². The Bertz CT molecular complexity index is 661. The first-order valence-corrected chi connectivity index (χ1v) is 6.40. The van der Waals surface area contributed by atoms with Crippen LogP contribution in [0.25, 0.3) is 0 Å². The van der Waals surface area contributed by atoms with Crippen molar-refractivity contribution in [3.8, 4) is 5.75 Å². The van der Waals surface area contributed by atoms with Gasteiger partial charge in [0.1, 0.15) is 23.4 Å². The Balaban J connectivity index is 2.01. The molecule has 2 aromatic heterocycles. The third-order valence-electron chi connectivity index (χ3n) is 2.21. The van der Waals surface area contributed by atoms with Crippen LogP contribution in [-0.4, -0.2) is 27.6 Å². The molecular formula is C14H15N3O5. The van der Waals surface area contributed by atoms with Gasteiger partial charge in [-0.25, -0.2) is 19.6 Å². The second-order valence-corrected chi connectivity index (χ2v) is 5.27. The van der Waals surface area contributed by atoms with Crippen LogP contribution < -0.4 is 10.1 Å². The SMILES string of the molecule is CC(C)(C)OC(=O)Nc1cc(OC(=O)c2cocn2)ccn1. The normalized spacial score (nSPS) is 10.9. The summed E-state index contributed by atoms with van der Waals surface area (Å²) in [7, 11) is 0. The molecule has 0 radical (unpaired) electrons. The maximum absolute atomic E-state index is 11.7. The van der Waals surface area contributed by atoms with Gasteiger partial charge in [-0.1, -0.05) is 0 Å². The largest absolute Gasteiger partial charge is 0.451 e. The molecule has 2 heterocycles. The Labute approximate surface area is 126 Å². The minimum atomic E-state index is -0.678. The molecule has 0 atom stereocenters. The highest BCUT2D eigenvalue weighted by Gasteiger charge is 2.17. The predicted molar refractivity (Wildman–Crippen MR) is 75.6 cm³/mol. The van der Waals surface area contributed by atoms with Crippen LogP contribution in [0, 0.1) is 0 Å². The van der Waals surface area contributed by atoms with Gasteiger partial charge in [0, 0.05) is 12.3 Å². The molecule has 0 fully saturated rings. The smallest absolute Gasteiger partial charge is 0.413 e. The molecule has 0 aliphatic carbocycles. The number of oxazole rings is 1. The molecule has 1 N–H and O–H groups in total. The number of hydrogen-bond acceptors (Lipinski definition) is 7. The van der Waals surface area contributed by atoms with Crippen LogP contribution in [-0.2, 0) is 4.74 Å². The molecule has 0 aromatic carbocycles. The van der Waals surface area contributed by atoms with Crippen LogP contribution in [0.2, 0.25) is 0 Å². The minimum absolute atomic E-state index is 0.0402. The van der Waals surface area contributed by atoms with Gasteiger partial charge in [-0.2, -0.15) is 0 Å². The summed E-state index contributed by atoms with van der Waals surface area (Å²) in [5, 5.41) is 2.45. The maximum atomic E-state index is 11.7. The summed E-state index contributed by atoms with van der Waals surface area (Å²) in [4.78, 5) is 31.0. The second kappa shape index (κ2) is 6.25. The quantitative estimate of drug-likeness (QED) is 0.869. The Morgan fingerprint density at radius 1 is 1.27 bits per heavy atom.